The Kier molecular flexibility index (Phi) is 6.30. The maximum atomic E-state index is 11.2. The minimum absolute atomic E-state index is 0.654. The molecule has 6 N–H and O–H groups in total. The van der Waals surface area contributed by atoms with Gasteiger partial charge in [-0.25, -0.2) is 13.2 Å². The summed E-state index contributed by atoms with van der Waals surface area (Å²) in [5.74, 6) is -6.25. The normalized spacial score (nSPS) is 33.5. The number of sulfone groups is 1. The maximum Gasteiger partial charge on any atom is 0.364 e. The van der Waals surface area contributed by atoms with E-state index in [1.807, 2.05) is 0 Å². The summed E-state index contributed by atoms with van der Waals surface area (Å²) in [5.41, 5.74) is 0. The van der Waals surface area contributed by atoms with Gasteiger partial charge in [-0.15, -0.1) is 0 Å². The first kappa shape index (κ1) is 20.7. The number of amides is 1. The van der Waals surface area contributed by atoms with Crippen molar-refractivity contribution < 1.29 is 48.3 Å². The molecule has 0 aromatic rings. The molecule has 0 aliphatic carbocycles. The second kappa shape index (κ2) is 7.29. The molecule has 0 spiro atoms. The zero-order valence-corrected chi connectivity index (χ0v) is 13.8. The number of aliphatic hydroxyl groups is 4. The molecular weight excluding hydrogens is 350 g/mol. The third-order valence-corrected chi connectivity index (χ3v) is 4.44. The zero-order chi connectivity index (χ0) is 18.9. The quantitative estimate of drug-likeness (QED) is 0.270. The summed E-state index contributed by atoms with van der Waals surface area (Å²) in [6.07, 6.45) is -7.30. The van der Waals surface area contributed by atoms with E-state index in [9.17, 15) is 38.4 Å². The molecule has 12 heteroatoms. The Balaban J connectivity index is 3.13. The van der Waals surface area contributed by atoms with Gasteiger partial charge in [0.15, 0.2) is 0 Å². The van der Waals surface area contributed by atoms with Crippen LogP contribution < -0.4 is 5.32 Å². The van der Waals surface area contributed by atoms with E-state index < -0.39 is 70.1 Å². The number of carbonyl (C=O) groups is 2. The van der Waals surface area contributed by atoms with Gasteiger partial charge in [0.1, 0.15) is 22.0 Å². The van der Waals surface area contributed by atoms with Crippen LogP contribution in [0.5, 0.6) is 0 Å². The molecule has 1 saturated heterocycles. The second-order valence-electron chi connectivity index (χ2n) is 5.82. The molecule has 1 amide bonds. The summed E-state index contributed by atoms with van der Waals surface area (Å²) in [7, 11) is -3.70. The van der Waals surface area contributed by atoms with Crippen LogP contribution in [0.3, 0.4) is 0 Å². The molecule has 1 unspecified atom stereocenters. The van der Waals surface area contributed by atoms with Gasteiger partial charge >= 0.3 is 5.97 Å². The molecule has 0 aromatic heterocycles. The molecule has 0 radical (unpaired) electrons. The van der Waals surface area contributed by atoms with E-state index in [1.165, 1.54) is 0 Å². The topological polar surface area (TPSA) is 191 Å². The van der Waals surface area contributed by atoms with Gasteiger partial charge in [0, 0.05) is 19.6 Å². The van der Waals surface area contributed by atoms with Crippen molar-refractivity contribution in [1.82, 2.24) is 5.32 Å². The third kappa shape index (κ3) is 5.09. The predicted octanol–water partition coefficient (Wildman–Crippen LogP) is -3.82. The van der Waals surface area contributed by atoms with E-state index in [1.54, 1.807) is 0 Å². The highest BCUT2D eigenvalue weighted by Crippen LogP contribution is 2.30. The van der Waals surface area contributed by atoms with Crippen LogP contribution in [0.2, 0.25) is 0 Å². The van der Waals surface area contributed by atoms with Crippen LogP contribution >= 0.6 is 0 Å². The number of carboxylic acids is 1. The fraction of sp³-hybridized carbons (Fsp3) is 0.833. The van der Waals surface area contributed by atoms with Crippen LogP contribution in [0.15, 0.2) is 0 Å². The highest BCUT2D eigenvalue weighted by Gasteiger charge is 2.54. The Bertz CT molecular complexity index is 593. The van der Waals surface area contributed by atoms with Crippen LogP contribution in [0.4, 0.5) is 0 Å². The first-order chi connectivity index (χ1) is 10.8. The van der Waals surface area contributed by atoms with E-state index in [0.29, 0.717) is 0 Å². The Labute approximate surface area is 137 Å². The fourth-order valence-electron chi connectivity index (χ4n) is 2.44. The first-order valence-corrected chi connectivity index (χ1v) is 8.95. The average Bonchev–Trinajstić information content (AvgIpc) is 2.38. The van der Waals surface area contributed by atoms with E-state index in [2.05, 4.69) is 5.32 Å². The molecule has 0 aromatic carbocycles. The first-order valence-electron chi connectivity index (χ1n) is 6.89. The fourth-order valence-corrected chi connectivity index (χ4v) is 3.25. The third-order valence-electron chi connectivity index (χ3n) is 3.49. The van der Waals surface area contributed by atoms with Gasteiger partial charge in [0.05, 0.1) is 24.0 Å². The number of nitrogens with one attached hydrogen (secondary N) is 1. The van der Waals surface area contributed by atoms with Crippen molar-refractivity contribution in [3.63, 3.8) is 0 Å². The molecular formula is C12H21NO10S. The van der Waals surface area contributed by atoms with E-state index in [0.717, 1.165) is 13.2 Å². The Morgan fingerprint density at radius 1 is 1.38 bits per heavy atom. The van der Waals surface area contributed by atoms with Gasteiger partial charge < -0.3 is 35.6 Å². The molecule has 1 aliphatic rings. The average molecular weight is 371 g/mol. The molecule has 11 nitrogen and oxygen atoms in total. The number of carbonyl (C=O) groups excluding carboxylic acids is 1. The lowest BCUT2D eigenvalue weighted by molar-refractivity contribution is -0.293. The molecule has 0 saturated carbocycles. The number of ether oxygens (including phenoxy) is 1. The van der Waals surface area contributed by atoms with Gasteiger partial charge in [-0.3, -0.25) is 4.79 Å². The summed E-state index contributed by atoms with van der Waals surface area (Å²) in [5, 5.41) is 51.1. The zero-order valence-electron chi connectivity index (χ0n) is 13.0. The van der Waals surface area contributed by atoms with Crippen LogP contribution in [-0.4, -0.2) is 94.1 Å². The van der Waals surface area contributed by atoms with Gasteiger partial charge in [0.25, 0.3) is 5.79 Å². The van der Waals surface area contributed by atoms with Crippen molar-refractivity contribution in [2.24, 2.45) is 0 Å². The number of aliphatic hydroxyl groups excluding tert-OH is 3. The summed E-state index contributed by atoms with van der Waals surface area (Å²) in [4.78, 5) is 22.3. The summed E-state index contributed by atoms with van der Waals surface area (Å²) >= 11 is 0. The molecule has 24 heavy (non-hydrogen) atoms. The predicted molar refractivity (Wildman–Crippen MR) is 77.4 cm³/mol. The van der Waals surface area contributed by atoms with Crippen LogP contribution in [0.25, 0.3) is 0 Å². The lowest BCUT2D eigenvalue weighted by Crippen LogP contribution is -2.67. The minimum atomic E-state index is -3.70. The van der Waals surface area contributed by atoms with E-state index in [4.69, 9.17) is 9.84 Å². The monoisotopic (exact) mass is 371 g/mol. The summed E-state index contributed by atoms with van der Waals surface area (Å²) in [6, 6.07) is -1.37. The van der Waals surface area contributed by atoms with Crippen LogP contribution in [-0.2, 0) is 24.2 Å². The van der Waals surface area contributed by atoms with Crippen molar-refractivity contribution in [2.45, 2.75) is 49.6 Å². The molecule has 1 fully saturated rings. The summed E-state index contributed by atoms with van der Waals surface area (Å²) < 4.78 is 27.3. The highest BCUT2D eigenvalue weighted by atomic mass is 32.2. The van der Waals surface area contributed by atoms with Crippen molar-refractivity contribution in [3.05, 3.63) is 0 Å². The molecule has 140 valence electrons. The standard InChI is InChI=1S/C12H21NO10S/c1-5(14)13-8-6(15)3-12(20,11(18)19)23-10(8)9(17)7(16)4-24(2,21)22/h6-10,15-17,20H,3-4H2,1-2H3,(H,13,14)(H,18,19)/t6-,7+,8+,9+,10+,12?/m0/s1. The molecule has 0 bridgehead atoms. The lowest BCUT2D eigenvalue weighted by Gasteiger charge is -2.44. The second-order valence-corrected chi connectivity index (χ2v) is 8.00. The lowest BCUT2D eigenvalue weighted by atomic mass is 9.89. The highest BCUT2D eigenvalue weighted by molar-refractivity contribution is 7.90. The number of hydrogen-bond acceptors (Lipinski definition) is 9. The largest absolute Gasteiger partial charge is 0.477 e. The Morgan fingerprint density at radius 2 is 1.92 bits per heavy atom. The van der Waals surface area contributed by atoms with E-state index >= 15 is 0 Å². The van der Waals surface area contributed by atoms with Crippen molar-refractivity contribution >= 4 is 21.7 Å². The molecule has 1 aliphatic heterocycles. The Morgan fingerprint density at radius 3 is 2.33 bits per heavy atom. The van der Waals surface area contributed by atoms with E-state index in [-0.39, 0.29) is 0 Å². The smallest absolute Gasteiger partial charge is 0.364 e. The summed E-state index contributed by atoms with van der Waals surface area (Å²) in [6.45, 7) is 1.08. The SMILES string of the molecule is CC(=O)N[C@H]1[C@H]([C@H](O)[C@H](O)CS(C)(=O)=O)OC(O)(C(=O)O)C[C@@H]1O. The molecule has 1 heterocycles. The van der Waals surface area contributed by atoms with Crippen LogP contribution in [0.1, 0.15) is 13.3 Å². The molecule has 6 atom stereocenters. The number of aliphatic carboxylic acids is 1. The minimum Gasteiger partial charge on any atom is -0.477 e. The maximum absolute atomic E-state index is 11.2. The Hall–Kier alpha value is -1.31. The number of carboxylic acid groups (broad SMARTS) is 1. The van der Waals surface area contributed by atoms with Crippen molar-refractivity contribution in [1.29, 1.82) is 0 Å². The van der Waals surface area contributed by atoms with Crippen molar-refractivity contribution in [3.8, 4) is 0 Å². The van der Waals surface area contributed by atoms with Gasteiger partial charge in [-0.1, -0.05) is 0 Å². The van der Waals surface area contributed by atoms with Gasteiger partial charge in [-0.05, 0) is 0 Å². The van der Waals surface area contributed by atoms with Crippen molar-refractivity contribution in [2.75, 3.05) is 12.0 Å². The van der Waals surface area contributed by atoms with Crippen LogP contribution in [0, 0.1) is 0 Å². The van der Waals surface area contributed by atoms with Gasteiger partial charge in [0.2, 0.25) is 5.91 Å². The number of hydrogen-bond donors (Lipinski definition) is 6. The number of rotatable bonds is 6. The molecule has 1 rings (SSSR count). The van der Waals surface area contributed by atoms with Gasteiger partial charge in [-0.2, -0.15) is 0 Å².